The molecule has 1 aliphatic rings. The predicted molar refractivity (Wildman–Crippen MR) is 61.4 cm³/mol. The number of carbonyl (C=O) groups is 2. The van der Waals surface area contributed by atoms with Gasteiger partial charge in [-0.3, -0.25) is 4.79 Å². The van der Waals surface area contributed by atoms with E-state index in [0.29, 0.717) is 0 Å². The minimum atomic E-state index is -1.10. The van der Waals surface area contributed by atoms with Gasteiger partial charge in [-0.1, -0.05) is 12.8 Å². The molecule has 1 saturated carbocycles. The average molecular weight is 244 g/mol. The lowest BCUT2D eigenvalue weighted by atomic mass is 9.94. The lowest BCUT2D eigenvalue weighted by Gasteiger charge is -2.23. The number of carboxylic acid groups (broad SMARTS) is 1. The summed E-state index contributed by atoms with van der Waals surface area (Å²) in [5.41, 5.74) is 5.59. The lowest BCUT2D eigenvalue weighted by Crippen LogP contribution is -2.48. The van der Waals surface area contributed by atoms with Gasteiger partial charge in [-0.25, -0.2) is 4.79 Å². The van der Waals surface area contributed by atoms with Gasteiger partial charge in [0.15, 0.2) is 6.04 Å². The summed E-state index contributed by atoms with van der Waals surface area (Å²) in [7, 11) is 1.39. The SMILES string of the molecule is COCC(NC(=O)CC1(N)CCCC1)C(=O)O. The van der Waals surface area contributed by atoms with E-state index in [1.54, 1.807) is 0 Å². The van der Waals surface area contributed by atoms with Crippen LogP contribution >= 0.6 is 0 Å². The van der Waals surface area contributed by atoms with Gasteiger partial charge in [0.05, 0.1) is 6.61 Å². The van der Waals surface area contributed by atoms with Crippen LogP contribution in [-0.4, -0.2) is 42.3 Å². The van der Waals surface area contributed by atoms with Crippen molar-refractivity contribution in [2.24, 2.45) is 5.73 Å². The van der Waals surface area contributed by atoms with Crippen molar-refractivity contribution in [2.45, 2.75) is 43.7 Å². The number of aliphatic carboxylic acids is 1. The number of carbonyl (C=O) groups excluding carboxylic acids is 1. The molecule has 1 rings (SSSR count). The van der Waals surface area contributed by atoms with Gasteiger partial charge in [0.25, 0.3) is 0 Å². The molecule has 1 aliphatic carbocycles. The number of hydrogen-bond acceptors (Lipinski definition) is 4. The summed E-state index contributed by atoms with van der Waals surface area (Å²) in [5.74, 6) is -1.42. The first-order chi connectivity index (χ1) is 7.97. The highest BCUT2D eigenvalue weighted by Gasteiger charge is 2.32. The van der Waals surface area contributed by atoms with Gasteiger partial charge < -0.3 is 20.9 Å². The highest BCUT2D eigenvalue weighted by Crippen LogP contribution is 2.29. The fraction of sp³-hybridized carbons (Fsp3) is 0.818. The molecule has 0 bridgehead atoms. The topological polar surface area (TPSA) is 102 Å². The highest BCUT2D eigenvalue weighted by molar-refractivity contribution is 5.84. The van der Waals surface area contributed by atoms with Crippen LogP contribution in [0, 0.1) is 0 Å². The van der Waals surface area contributed by atoms with Crippen molar-refractivity contribution in [3.8, 4) is 0 Å². The molecule has 0 radical (unpaired) electrons. The molecule has 0 aromatic rings. The van der Waals surface area contributed by atoms with Crippen LogP contribution in [0.3, 0.4) is 0 Å². The third kappa shape index (κ3) is 4.32. The minimum Gasteiger partial charge on any atom is -0.480 e. The maximum absolute atomic E-state index is 11.7. The van der Waals surface area contributed by atoms with Crippen LogP contribution < -0.4 is 11.1 Å². The van der Waals surface area contributed by atoms with Gasteiger partial charge >= 0.3 is 5.97 Å². The van der Waals surface area contributed by atoms with Gasteiger partial charge in [-0.15, -0.1) is 0 Å². The zero-order valence-corrected chi connectivity index (χ0v) is 10.1. The van der Waals surface area contributed by atoms with Gasteiger partial charge in [0.2, 0.25) is 5.91 Å². The van der Waals surface area contributed by atoms with Crippen LogP contribution in [-0.2, 0) is 14.3 Å². The Morgan fingerprint density at radius 2 is 2.06 bits per heavy atom. The fourth-order valence-corrected chi connectivity index (χ4v) is 2.16. The van der Waals surface area contributed by atoms with E-state index in [4.69, 9.17) is 15.6 Å². The maximum atomic E-state index is 11.7. The van der Waals surface area contributed by atoms with E-state index in [1.807, 2.05) is 0 Å². The summed E-state index contributed by atoms with van der Waals surface area (Å²) in [5, 5.41) is 11.3. The number of nitrogens with one attached hydrogen (secondary N) is 1. The number of methoxy groups -OCH3 is 1. The Labute approximate surface area is 101 Å². The molecule has 0 saturated heterocycles. The zero-order chi connectivity index (χ0) is 12.9. The van der Waals surface area contributed by atoms with E-state index in [1.165, 1.54) is 7.11 Å². The summed E-state index contributed by atoms with van der Waals surface area (Å²) in [4.78, 5) is 22.5. The molecule has 4 N–H and O–H groups in total. The van der Waals surface area contributed by atoms with E-state index in [0.717, 1.165) is 25.7 Å². The van der Waals surface area contributed by atoms with Crippen LogP contribution in [0.1, 0.15) is 32.1 Å². The van der Waals surface area contributed by atoms with Crippen molar-refractivity contribution >= 4 is 11.9 Å². The molecule has 0 aliphatic heterocycles. The van der Waals surface area contributed by atoms with E-state index in [-0.39, 0.29) is 18.9 Å². The first-order valence-electron chi connectivity index (χ1n) is 5.77. The number of ether oxygens (including phenoxy) is 1. The quantitative estimate of drug-likeness (QED) is 0.604. The average Bonchev–Trinajstić information content (AvgIpc) is 2.63. The first-order valence-corrected chi connectivity index (χ1v) is 5.77. The molecule has 1 atom stereocenters. The molecular formula is C11H20N2O4. The normalized spacial score (nSPS) is 19.9. The number of carboxylic acids is 1. The van der Waals surface area contributed by atoms with Crippen molar-refractivity contribution in [2.75, 3.05) is 13.7 Å². The van der Waals surface area contributed by atoms with Crippen LogP contribution in [0.2, 0.25) is 0 Å². The van der Waals surface area contributed by atoms with E-state index < -0.39 is 17.6 Å². The summed E-state index contributed by atoms with van der Waals surface area (Å²) < 4.78 is 4.73. The fourth-order valence-electron chi connectivity index (χ4n) is 2.16. The number of rotatable bonds is 6. The summed E-state index contributed by atoms with van der Waals surface area (Å²) in [6.07, 6.45) is 3.89. The predicted octanol–water partition coefficient (Wildman–Crippen LogP) is -0.136. The van der Waals surface area contributed by atoms with Gasteiger partial charge in [0.1, 0.15) is 0 Å². The standard InChI is InChI=1S/C11H20N2O4/c1-17-7-8(10(15)16)13-9(14)6-11(12)4-2-3-5-11/h8H,2-7,12H2,1H3,(H,13,14)(H,15,16). The molecule has 1 amide bonds. The second kappa shape index (κ2) is 5.97. The smallest absolute Gasteiger partial charge is 0.328 e. The zero-order valence-electron chi connectivity index (χ0n) is 10.1. The Hall–Kier alpha value is -1.14. The number of nitrogens with two attached hydrogens (primary N) is 1. The van der Waals surface area contributed by atoms with Crippen molar-refractivity contribution in [1.82, 2.24) is 5.32 Å². The first kappa shape index (κ1) is 13.9. The molecule has 0 aromatic heterocycles. The molecule has 0 aromatic carbocycles. The van der Waals surface area contributed by atoms with Gasteiger partial charge in [-0.2, -0.15) is 0 Å². The summed E-state index contributed by atoms with van der Waals surface area (Å²) in [6, 6.07) is -1.00. The third-order valence-electron chi connectivity index (χ3n) is 3.08. The molecule has 17 heavy (non-hydrogen) atoms. The molecule has 1 unspecified atom stereocenters. The van der Waals surface area contributed by atoms with Gasteiger partial charge in [0, 0.05) is 19.1 Å². The number of hydrogen-bond donors (Lipinski definition) is 3. The largest absolute Gasteiger partial charge is 0.480 e. The monoisotopic (exact) mass is 244 g/mol. The number of amides is 1. The van der Waals surface area contributed by atoms with Crippen molar-refractivity contribution in [3.63, 3.8) is 0 Å². The Morgan fingerprint density at radius 3 is 2.53 bits per heavy atom. The lowest BCUT2D eigenvalue weighted by molar-refractivity contribution is -0.143. The van der Waals surface area contributed by atoms with Crippen LogP contribution in [0.5, 0.6) is 0 Å². The Balaban J connectivity index is 2.44. The van der Waals surface area contributed by atoms with Crippen molar-refractivity contribution in [1.29, 1.82) is 0 Å². The third-order valence-corrected chi connectivity index (χ3v) is 3.08. The highest BCUT2D eigenvalue weighted by atomic mass is 16.5. The molecule has 1 fully saturated rings. The van der Waals surface area contributed by atoms with Crippen molar-refractivity contribution in [3.05, 3.63) is 0 Å². The Bertz CT molecular complexity index is 287. The molecule has 6 heteroatoms. The molecule has 98 valence electrons. The summed E-state index contributed by atoms with van der Waals surface area (Å²) >= 11 is 0. The Morgan fingerprint density at radius 1 is 1.47 bits per heavy atom. The van der Waals surface area contributed by atoms with Crippen molar-refractivity contribution < 1.29 is 19.4 Å². The van der Waals surface area contributed by atoms with E-state index in [9.17, 15) is 9.59 Å². The molecular weight excluding hydrogens is 224 g/mol. The van der Waals surface area contributed by atoms with Crippen LogP contribution in [0.25, 0.3) is 0 Å². The molecule has 0 spiro atoms. The maximum Gasteiger partial charge on any atom is 0.328 e. The Kier molecular flexibility index (Phi) is 4.89. The second-order valence-electron chi connectivity index (χ2n) is 4.66. The van der Waals surface area contributed by atoms with E-state index >= 15 is 0 Å². The van der Waals surface area contributed by atoms with Gasteiger partial charge in [-0.05, 0) is 12.8 Å². The summed E-state index contributed by atoms with van der Waals surface area (Å²) in [6.45, 7) is -0.0430. The molecule has 0 heterocycles. The van der Waals surface area contributed by atoms with Crippen LogP contribution in [0.15, 0.2) is 0 Å². The minimum absolute atomic E-state index is 0.0430. The van der Waals surface area contributed by atoms with E-state index in [2.05, 4.69) is 5.32 Å². The molecule has 6 nitrogen and oxygen atoms in total. The second-order valence-corrected chi connectivity index (χ2v) is 4.66. The van der Waals surface area contributed by atoms with Crippen LogP contribution in [0.4, 0.5) is 0 Å².